The van der Waals surface area contributed by atoms with Gasteiger partial charge in [0.15, 0.2) is 0 Å². The second-order valence-electron chi connectivity index (χ2n) is 11.7. The van der Waals surface area contributed by atoms with Gasteiger partial charge in [0.25, 0.3) is 0 Å². The van der Waals surface area contributed by atoms with Crippen LogP contribution in [0.3, 0.4) is 0 Å². The molecule has 0 amide bonds. The fourth-order valence-electron chi connectivity index (χ4n) is 4.09. The van der Waals surface area contributed by atoms with Crippen LogP contribution in [0.15, 0.2) is 12.1 Å². The Bertz CT molecular complexity index is 823. The van der Waals surface area contributed by atoms with Gasteiger partial charge in [0, 0.05) is 24.0 Å². The summed E-state index contributed by atoms with van der Waals surface area (Å²) in [5.74, 6) is 1.23. The number of esters is 2. The van der Waals surface area contributed by atoms with Crippen LogP contribution in [-0.2, 0) is 29.9 Å². The van der Waals surface area contributed by atoms with E-state index in [9.17, 15) is 14.7 Å². The molecule has 1 aromatic rings. The van der Waals surface area contributed by atoms with Gasteiger partial charge >= 0.3 is 11.9 Å². The third-order valence-electron chi connectivity index (χ3n) is 6.30. The van der Waals surface area contributed by atoms with Gasteiger partial charge in [-0.2, -0.15) is 0 Å². The van der Waals surface area contributed by atoms with E-state index in [-0.39, 0.29) is 28.5 Å². The Kier molecular flexibility index (Phi) is 12.1. The second-order valence-corrected chi connectivity index (χ2v) is 11.7. The topological polar surface area (TPSA) is 82.1 Å². The van der Waals surface area contributed by atoms with E-state index >= 15 is 0 Å². The highest BCUT2D eigenvalue weighted by molar-refractivity contribution is 5.69. The number of carbonyl (C=O) groups is 2. The largest absolute Gasteiger partial charge is 0.508 e. The number of aromatic hydroxyl groups is 1. The smallest absolute Gasteiger partial charge is 0.305 e. The number of carbonyl (C=O) groups excluding carboxylic acids is 2. The predicted octanol–water partition coefficient (Wildman–Crippen LogP) is 6.70. The molecule has 1 rings (SSSR count). The molecule has 6 heteroatoms. The summed E-state index contributed by atoms with van der Waals surface area (Å²) >= 11 is 0. The Morgan fingerprint density at radius 3 is 1.63 bits per heavy atom. The molecular weight excluding hydrogens is 444 g/mol. The van der Waals surface area contributed by atoms with Gasteiger partial charge in [-0.25, -0.2) is 0 Å². The molecule has 0 saturated heterocycles. The molecule has 200 valence electrons. The highest BCUT2D eigenvalue weighted by atomic mass is 16.5. The fraction of sp³-hybridized carbons (Fsp3) is 0.724. The van der Waals surface area contributed by atoms with Crippen LogP contribution < -0.4 is 4.74 Å². The van der Waals surface area contributed by atoms with Crippen LogP contribution in [0.5, 0.6) is 11.5 Å². The average molecular weight is 493 g/mol. The molecule has 0 aromatic heterocycles. The number of benzene rings is 1. The molecule has 0 saturated carbocycles. The number of ether oxygens (including phenoxy) is 3. The maximum atomic E-state index is 12.0. The van der Waals surface area contributed by atoms with Gasteiger partial charge in [-0.1, -0.05) is 55.4 Å². The highest BCUT2D eigenvalue weighted by Crippen LogP contribution is 2.44. The van der Waals surface area contributed by atoms with Gasteiger partial charge in [-0.05, 0) is 60.5 Å². The van der Waals surface area contributed by atoms with Crippen molar-refractivity contribution in [3.8, 4) is 11.5 Å². The summed E-state index contributed by atoms with van der Waals surface area (Å²) in [4.78, 5) is 23.9. The summed E-state index contributed by atoms with van der Waals surface area (Å²) in [6.45, 7) is 17.3. The van der Waals surface area contributed by atoms with Crippen LogP contribution in [0.1, 0.15) is 105 Å². The standard InChI is InChI=1S/C29H48O6/c1-20(2)18-34-26(31)12-10-14-28(5,6)22-17-25(33-9)23(16-24(22)30)29(7,8)15-11-13-27(32)35-19-21(3)4/h16-17,20-21,30H,10-15,18-19H2,1-9H3. The van der Waals surface area contributed by atoms with Crippen LogP contribution in [-0.4, -0.2) is 37.4 Å². The van der Waals surface area contributed by atoms with E-state index < -0.39 is 0 Å². The lowest BCUT2D eigenvalue weighted by molar-refractivity contribution is -0.145. The minimum absolute atomic E-state index is 0.172. The van der Waals surface area contributed by atoms with Crippen molar-refractivity contribution < 1.29 is 28.9 Å². The van der Waals surface area contributed by atoms with Gasteiger partial charge in [-0.15, -0.1) is 0 Å². The minimum Gasteiger partial charge on any atom is -0.508 e. The third-order valence-corrected chi connectivity index (χ3v) is 6.30. The normalized spacial score (nSPS) is 12.2. The Balaban J connectivity index is 2.87. The van der Waals surface area contributed by atoms with Crippen LogP contribution in [0.4, 0.5) is 0 Å². The molecule has 0 aliphatic carbocycles. The number of hydrogen-bond donors (Lipinski definition) is 1. The SMILES string of the molecule is COc1cc(C(C)(C)CCCC(=O)OCC(C)C)c(O)cc1C(C)(C)CCCC(=O)OCC(C)C. The number of hydrogen-bond acceptors (Lipinski definition) is 6. The first kappa shape index (κ1) is 30.8. The highest BCUT2D eigenvalue weighted by Gasteiger charge is 2.30. The molecule has 35 heavy (non-hydrogen) atoms. The Morgan fingerprint density at radius 2 is 1.23 bits per heavy atom. The number of methoxy groups -OCH3 is 1. The third kappa shape index (κ3) is 10.5. The molecule has 0 spiro atoms. The molecule has 0 heterocycles. The maximum absolute atomic E-state index is 12.0. The Labute approximate surface area is 212 Å². The number of phenolic OH excluding ortho intramolecular Hbond substituents is 1. The first-order valence-corrected chi connectivity index (χ1v) is 12.9. The van der Waals surface area contributed by atoms with Gasteiger partial charge in [0.05, 0.1) is 20.3 Å². The van der Waals surface area contributed by atoms with E-state index in [1.807, 2.05) is 33.8 Å². The van der Waals surface area contributed by atoms with E-state index in [4.69, 9.17) is 14.2 Å². The van der Waals surface area contributed by atoms with E-state index in [1.54, 1.807) is 13.2 Å². The summed E-state index contributed by atoms with van der Waals surface area (Å²) in [5.41, 5.74) is 1.05. The molecule has 0 atom stereocenters. The fourth-order valence-corrected chi connectivity index (χ4v) is 4.09. The van der Waals surface area contributed by atoms with Crippen molar-refractivity contribution in [3.63, 3.8) is 0 Å². The second kappa shape index (κ2) is 13.7. The number of rotatable bonds is 15. The van der Waals surface area contributed by atoms with Crippen LogP contribution in [0, 0.1) is 11.8 Å². The van der Waals surface area contributed by atoms with Gasteiger partial charge in [-0.3, -0.25) is 9.59 Å². The van der Waals surface area contributed by atoms with Crippen molar-refractivity contribution in [2.45, 2.75) is 105 Å². The predicted molar refractivity (Wildman–Crippen MR) is 140 cm³/mol. The van der Waals surface area contributed by atoms with Gasteiger partial charge < -0.3 is 19.3 Å². The Hall–Kier alpha value is -2.24. The molecule has 0 radical (unpaired) electrons. The molecule has 1 N–H and O–H groups in total. The molecule has 1 aromatic carbocycles. The zero-order valence-electron chi connectivity index (χ0n) is 23.5. The first-order chi connectivity index (χ1) is 16.2. The quantitative estimate of drug-likeness (QED) is 0.275. The molecule has 0 unspecified atom stereocenters. The summed E-state index contributed by atoms with van der Waals surface area (Å²) in [6, 6.07) is 3.71. The summed E-state index contributed by atoms with van der Waals surface area (Å²) < 4.78 is 16.3. The zero-order valence-corrected chi connectivity index (χ0v) is 23.5. The molecule has 6 nitrogen and oxygen atoms in total. The van der Waals surface area contributed by atoms with E-state index in [2.05, 4.69) is 27.7 Å². The lowest BCUT2D eigenvalue weighted by atomic mass is 9.75. The molecular formula is C29H48O6. The molecule has 0 aliphatic rings. The first-order valence-electron chi connectivity index (χ1n) is 12.9. The maximum Gasteiger partial charge on any atom is 0.305 e. The van der Waals surface area contributed by atoms with Gasteiger partial charge in [0.1, 0.15) is 11.5 Å². The van der Waals surface area contributed by atoms with Crippen LogP contribution in [0.2, 0.25) is 0 Å². The van der Waals surface area contributed by atoms with Crippen molar-refractivity contribution in [3.05, 3.63) is 23.3 Å². The van der Waals surface area contributed by atoms with Crippen molar-refractivity contribution in [2.75, 3.05) is 20.3 Å². The number of phenols is 1. The molecule has 0 aliphatic heterocycles. The van der Waals surface area contributed by atoms with Crippen molar-refractivity contribution in [1.29, 1.82) is 0 Å². The van der Waals surface area contributed by atoms with Crippen molar-refractivity contribution >= 4 is 11.9 Å². The summed E-state index contributed by atoms with van der Waals surface area (Å²) in [6.07, 6.45) is 3.57. The van der Waals surface area contributed by atoms with E-state index in [0.717, 1.165) is 29.7 Å². The lowest BCUT2D eigenvalue weighted by Gasteiger charge is -2.31. The van der Waals surface area contributed by atoms with Crippen molar-refractivity contribution in [1.82, 2.24) is 0 Å². The zero-order chi connectivity index (χ0) is 26.8. The monoisotopic (exact) mass is 492 g/mol. The molecule has 0 bridgehead atoms. The minimum atomic E-state index is -0.349. The summed E-state index contributed by atoms with van der Waals surface area (Å²) in [5, 5.41) is 11.0. The molecule has 0 fully saturated rings. The van der Waals surface area contributed by atoms with Gasteiger partial charge in [0.2, 0.25) is 0 Å². The van der Waals surface area contributed by atoms with Crippen LogP contribution >= 0.6 is 0 Å². The summed E-state index contributed by atoms with van der Waals surface area (Å²) in [7, 11) is 1.64. The van der Waals surface area contributed by atoms with E-state index in [1.165, 1.54) is 0 Å². The lowest BCUT2D eigenvalue weighted by Crippen LogP contribution is -2.22. The average Bonchev–Trinajstić information content (AvgIpc) is 2.75. The van der Waals surface area contributed by atoms with E-state index in [0.29, 0.717) is 50.7 Å². The Morgan fingerprint density at radius 1 is 0.800 bits per heavy atom. The van der Waals surface area contributed by atoms with Crippen LogP contribution in [0.25, 0.3) is 0 Å². The van der Waals surface area contributed by atoms with Crippen molar-refractivity contribution in [2.24, 2.45) is 11.8 Å².